The quantitative estimate of drug-likeness (QED) is 0.759. The normalized spacial score (nSPS) is 17.6. The molecule has 0 aliphatic carbocycles. The molecule has 4 heteroatoms. The zero-order valence-corrected chi connectivity index (χ0v) is 13.7. The van der Waals surface area contributed by atoms with E-state index in [1.165, 1.54) is 32.1 Å². The molecule has 1 heterocycles. The number of rotatable bonds is 7. The van der Waals surface area contributed by atoms with Gasteiger partial charge in [-0.25, -0.2) is 0 Å². The molecular weight excluding hydrogens is 316 g/mol. The summed E-state index contributed by atoms with van der Waals surface area (Å²) in [7, 11) is 0. The first-order valence-corrected chi connectivity index (χ1v) is 8.31. The van der Waals surface area contributed by atoms with Crippen molar-refractivity contribution in [3.05, 3.63) is 28.2 Å². The van der Waals surface area contributed by atoms with Gasteiger partial charge >= 0.3 is 0 Å². The van der Waals surface area contributed by atoms with Gasteiger partial charge < -0.3 is 10.6 Å². The lowest BCUT2D eigenvalue weighted by atomic mass is 10.1. The first kappa shape index (κ1) is 15.5. The molecule has 20 heavy (non-hydrogen) atoms. The molecule has 1 amide bonds. The van der Waals surface area contributed by atoms with E-state index in [0.29, 0.717) is 0 Å². The van der Waals surface area contributed by atoms with E-state index in [4.69, 9.17) is 5.73 Å². The number of amides is 1. The number of hydrogen-bond acceptors (Lipinski definition) is 2. The molecule has 0 saturated carbocycles. The highest BCUT2D eigenvalue weighted by atomic mass is 79.9. The fourth-order valence-electron chi connectivity index (χ4n) is 2.71. The molecule has 0 radical (unpaired) electrons. The minimum atomic E-state index is -0.488. The van der Waals surface area contributed by atoms with Gasteiger partial charge in [0.2, 0.25) is 5.91 Å². The second kappa shape index (κ2) is 7.23. The van der Waals surface area contributed by atoms with Gasteiger partial charge in [-0.15, -0.1) is 0 Å². The van der Waals surface area contributed by atoms with Crippen LogP contribution < -0.4 is 10.6 Å². The molecule has 2 N–H and O–H groups in total. The minimum absolute atomic E-state index is 0.0339. The highest BCUT2D eigenvalue weighted by Gasteiger charge is 2.34. The summed E-state index contributed by atoms with van der Waals surface area (Å²) in [4.78, 5) is 14.1. The lowest BCUT2D eigenvalue weighted by molar-refractivity contribution is -0.119. The van der Waals surface area contributed by atoms with Crippen molar-refractivity contribution in [2.75, 3.05) is 11.4 Å². The van der Waals surface area contributed by atoms with Crippen LogP contribution in [0.15, 0.2) is 22.7 Å². The van der Waals surface area contributed by atoms with E-state index >= 15 is 0 Å². The number of nitrogens with zero attached hydrogens (tertiary/aromatic N) is 1. The van der Waals surface area contributed by atoms with Crippen molar-refractivity contribution in [1.29, 1.82) is 0 Å². The molecular formula is C16H23BrN2O. The number of unbranched alkanes of at least 4 members (excludes halogenated alkanes) is 5. The molecule has 1 atom stereocenters. The van der Waals surface area contributed by atoms with Gasteiger partial charge in [0.1, 0.15) is 6.04 Å². The topological polar surface area (TPSA) is 46.3 Å². The van der Waals surface area contributed by atoms with Gasteiger partial charge in [0, 0.05) is 16.6 Å². The average Bonchev–Trinajstić information content (AvgIpc) is 2.67. The summed E-state index contributed by atoms with van der Waals surface area (Å²) in [5.74, 6) is 0.0339. The third-order valence-corrected chi connectivity index (χ3v) is 4.38. The molecule has 3 nitrogen and oxygen atoms in total. The molecule has 0 spiro atoms. The Morgan fingerprint density at radius 2 is 1.90 bits per heavy atom. The molecule has 0 bridgehead atoms. The Kier molecular flexibility index (Phi) is 5.61. The molecule has 1 unspecified atom stereocenters. The van der Waals surface area contributed by atoms with Crippen molar-refractivity contribution >= 4 is 27.5 Å². The second-order valence-electron chi connectivity index (χ2n) is 5.44. The van der Waals surface area contributed by atoms with Gasteiger partial charge in [0.05, 0.1) is 5.69 Å². The number of halogens is 1. The van der Waals surface area contributed by atoms with Crippen LogP contribution in [0.25, 0.3) is 0 Å². The van der Waals surface area contributed by atoms with Gasteiger partial charge in [-0.3, -0.25) is 4.79 Å². The van der Waals surface area contributed by atoms with Crippen LogP contribution in [0, 0.1) is 0 Å². The summed E-state index contributed by atoms with van der Waals surface area (Å²) < 4.78 is 0.992. The van der Waals surface area contributed by atoms with Crippen molar-refractivity contribution in [3.63, 3.8) is 0 Å². The Balaban J connectivity index is 1.92. The van der Waals surface area contributed by atoms with E-state index in [-0.39, 0.29) is 5.91 Å². The SMILES string of the molecule is CCCCCCCCN1C(=O)C(N)c2ccc(Br)cc21. The van der Waals surface area contributed by atoms with Gasteiger partial charge in [0.25, 0.3) is 0 Å². The smallest absolute Gasteiger partial charge is 0.248 e. The molecule has 2 rings (SSSR count). The first-order chi connectivity index (χ1) is 9.65. The summed E-state index contributed by atoms with van der Waals surface area (Å²) in [6.45, 7) is 3.00. The third-order valence-electron chi connectivity index (χ3n) is 3.89. The van der Waals surface area contributed by atoms with E-state index in [0.717, 1.165) is 28.7 Å². The van der Waals surface area contributed by atoms with Gasteiger partial charge in [-0.1, -0.05) is 61.0 Å². The van der Waals surface area contributed by atoms with Crippen molar-refractivity contribution in [1.82, 2.24) is 0 Å². The number of hydrogen-bond donors (Lipinski definition) is 1. The van der Waals surface area contributed by atoms with E-state index in [9.17, 15) is 4.79 Å². The van der Waals surface area contributed by atoms with Crippen molar-refractivity contribution < 1.29 is 4.79 Å². The van der Waals surface area contributed by atoms with Crippen LogP contribution in [0.1, 0.15) is 57.1 Å². The molecule has 1 aromatic carbocycles. The Hall–Kier alpha value is -0.870. The maximum atomic E-state index is 12.2. The summed E-state index contributed by atoms with van der Waals surface area (Å²) in [5, 5.41) is 0. The number of fused-ring (bicyclic) bond motifs is 1. The van der Waals surface area contributed by atoms with Crippen LogP contribution >= 0.6 is 15.9 Å². The molecule has 1 aliphatic heterocycles. The molecule has 0 saturated heterocycles. The van der Waals surface area contributed by atoms with Gasteiger partial charge in [-0.05, 0) is 18.6 Å². The molecule has 0 fully saturated rings. The van der Waals surface area contributed by atoms with Crippen LogP contribution in [0.3, 0.4) is 0 Å². The number of carbonyl (C=O) groups is 1. The second-order valence-corrected chi connectivity index (χ2v) is 6.35. The predicted octanol–water partition coefficient (Wildman–Crippen LogP) is 4.16. The van der Waals surface area contributed by atoms with Crippen LogP contribution in [0.2, 0.25) is 0 Å². The number of nitrogens with two attached hydrogens (primary N) is 1. The lowest BCUT2D eigenvalue weighted by Crippen LogP contribution is -2.32. The standard InChI is InChI=1S/C16H23BrN2O/c1-2-3-4-5-6-7-10-19-14-11-12(17)8-9-13(14)15(18)16(19)20/h8-9,11,15H,2-7,10,18H2,1H3. The fourth-order valence-corrected chi connectivity index (χ4v) is 3.06. The Labute approximate surface area is 129 Å². The maximum absolute atomic E-state index is 12.2. The minimum Gasteiger partial charge on any atom is -0.316 e. The summed E-state index contributed by atoms with van der Waals surface area (Å²) in [6, 6.07) is 5.40. The highest BCUT2D eigenvalue weighted by molar-refractivity contribution is 9.10. The fraction of sp³-hybridized carbons (Fsp3) is 0.562. The Morgan fingerprint density at radius 1 is 1.20 bits per heavy atom. The summed E-state index contributed by atoms with van der Waals surface area (Å²) in [5.41, 5.74) is 7.92. The summed E-state index contributed by atoms with van der Waals surface area (Å²) >= 11 is 3.46. The van der Waals surface area contributed by atoms with Crippen LogP contribution in [0.5, 0.6) is 0 Å². The predicted molar refractivity (Wildman–Crippen MR) is 86.8 cm³/mol. The monoisotopic (exact) mass is 338 g/mol. The molecule has 1 aliphatic rings. The largest absolute Gasteiger partial charge is 0.316 e. The van der Waals surface area contributed by atoms with Crippen LogP contribution in [-0.4, -0.2) is 12.5 Å². The van der Waals surface area contributed by atoms with E-state index in [1.807, 2.05) is 23.1 Å². The number of benzene rings is 1. The zero-order chi connectivity index (χ0) is 14.5. The Bertz CT molecular complexity index is 476. The third kappa shape index (κ3) is 3.41. The zero-order valence-electron chi connectivity index (χ0n) is 12.1. The van der Waals surface area contributed by atoms with E-state index in [1.54, 1.807) is 0 Å². The van der Waals surface area contributed by atoms with Crippen molar-refractivity contribution in [3.8, 4) is 0 Å². The molecule has 0 aromatic heterocycles. The number of carbonyl (C=O) groups excluding carboxylic acids is 1. The van der Waals surface area contributed by atoms with E-state index in [2.05, 4.69) is 22.9 Å². The lowest BCUT2D eigenvalue weighted by Gasteiger charge is -2.17. The first-order valence-electron chi connectivity index (χ1n) is 7.51. The molecule has 110 valence electrons. The van der Waals surface area contributed by atoms with Crippen molar-refractivity contribution in [2.24, 2.45) is 5.73 Å². The Morgan fingerprint density at radius 3 is 2.65 bits per heavy atom. The number of anilines is 1. The molecule has 1 aromatic rings. The van der Waals surface area contributed by atoms with Crippen molar-refractivity contribution in [2.45, 2.75) is 51.5 Å². The average molecular weight is 339 g/mol. The van der Waals surface area contributed by atoms with Gasteiger partial charge in [0.15, 0.2) is 0 Å². The van der Waals surface area contributed by atoms with Crippen LogP contribution in [-0.2, 0) is 4.79 Å². The van der Waals surface area contributed by atoms with Gasteiger partial charge in [-0.2, -0.15) is 0 Å². The van der Waals surface area contributed by atoms with Crippen LogP contribution in [0.4, 0.5) is 5.69 Å². The summed E-state index contributed by atoms with van der Waals surface area (Å²) in [6.07, 6.45) is 7.36. The maximum Gasteiger partial charge on any atom is 0.248 e. The van der Waals surface area contributed by atoms with E-state index < -0.39 is 6.04 Å². The highest BCUT2D eigenvalue weighted by Crippen LogP contribution is 2.36.